The number of hydrogen-bond donors (Lipinski definition) is 0. The number of morpholine rings is 1. The summed E-state index contributed by atoms with van der Waals surface area (Å²) < 4.78 is 29.2. The van der Waals surface area contributed by atoms with Crippen LogP contribution in [0.4, 0.5) is 0 Å². The van der Waals surface area contributed by atoms with E-state index in [-0.39, 0.29) is 31.9 Å². The summed E-state index contributed by atoms with van der Waals surface area (Å²) in [6.07, 6.45) is 2.31. The first-order valence-electron chi connectivity index (χ1n) is 9.48. The Balaban J connectivity index is 1.79. The molecule has 0 aromatic heterocycles. The molecule has 0 atom stereocenters. The molecule has 0 bridgehead atoms. The second-order valence-corrected chi connectivity index (χ2v) is 9.06. The van der Waals surface area contributed by atoms with Crippen molar-refractivity contribution < 1.29 is 27.5 Å². The molecule has 2 aliphatic rings. The summed E-state index contributed by atoms with van der Waals surface area (Å²) in [6, 6.07) is 0. The van der Waals surface area contributed by atoms with Crippen LogP contribution in [0, 0.1) is 0 Å². The monoisotopic (exact) mass is 403 g/mol. The molecule has 0 aromatic rings. The minimum Gasteiger partial charge on any atom is -0.378 e. The van der Waals surface area contributed by atoms with Gasteiger partial charge in [0.25, 0.3) is 0 Å². The number of rotatable bonds is 6. The zero-order valence-electron chi connectivity index (χ0n) is 15.9. The summed E-state index contributed by atoms with van der Waals surface area (Å²) in [4.78, 5) is 41.2. The van der Waals surface area contributed by atoms with Crippen LogP contribution < -0.4 is 0 Å². The van der Waals surface area contributed by atoms with Gasteiger partial charge in [-0.05, 0) is 6.42 Å². The van der Waals surface area contributed by atoms with Gasteiger partial charge in [-0.1, -0.05) is 19.8 Å². The minimum atomic E-state index is -3.40. The summed E-state index contributed by atoms with van der Waals surface area (Å²) in [5, 5.41) is 0. The number of ether oxygens (including phenoxy) is 1. The zero-order chi connectivity index (χ0) is 19.9. The predicted octanol–water partition coefficient (Wildman–Crippen LogP) is -0.879. The molecule has 10 heteroatoms. The van der Waals surface area contributed by atoms with Gasteiger partial charge in [0.15, 0.2) is 9.84 Å². The number of piperazine rings is 1. The molecule has 2 fully saturated rings. The Labute approximate surface area is 160 Å². The molecule has 3 amide bonds. The van der Waals surface area contributed by atoms with Crippen molar-refractivity contribution in [2.45, 2.75) is 26.2 Å². The Kier molecular flexibility index (Phi) is 8.03. The molecule has 0 unspecified atom stereocenters. The molecule has 9 nitrogen and oxygen atoms in total. The highest BCUT2D eigenvalue weighted by Gasteiger charge is 2.32. The lowest BCUT2D eigenvalue weighted by Gasteiger charge is -2.35. The Bertz CT molecular complexity index is 637. The second kappa shape index (κ2) is 10.0. The lowest BCUT2D eigenvalue weighted by atomic mass is 10.3. The Morgan fingerprint density at radius 3 is 1.89 bits per heavy atom. The molecule has 0 spiro atoms. The molecule has 154 valence electrons. The summed E-state index contributed by atoms with van der Waals surface area (Å²) in [7, 11) is -3.40. The maximum Gasteiger partial charge on any atom is 0.312 e. The SMILES string of the molecule is CCCCCS(=O)(=O)CC(=O)N1CCN(C(=O)C(=O)N2CCOCC2)CC1. The number of nitrogens with zero attached hydrogens (tertiary/aromatic N) is 3. The normalized spacial score (nSPS) is 18.5. The van der Waals surface area contributed by atoms with Crippen molar-refractivity contribution in [3.05, 3.63) is 0 Å². The molecule has 2 rings (SSSR count). The number of carbonyl (C=O) groups excluding carboxylic acids is 3. The van der Waals surface area contributed by atoms with Gasteiger partial charge in [-0.3, -0.25) is 14.4 Å². The van der Waals surface area contributed by atoms with E-state index in [1.54, 1.807) is 0 Å². The van der Waals surface area contributed by atoms with Crippen LogP contribution in [-0.2, 0) is 29.0 Å². The van der Waals surface area contributed by atoms with Gasteiger partial charge in [-0.15, -0.1) is 0 Å². The average Bonchev–Trinajstić information content (AvgIpc) is 2.67. The quantitative estimate of drug-likeness (QED) is 0.421. The van der Waals surface area contributed by atoms with Crippen molar-refractivity contribution in [2.75, 3.05) is 64.0 Å². The van der Waals surface area contributed by atoms with Gasteiger partial charge < -0.3 is 19.4 Å². The van der Waals surface area contributed by atoms with Crippen LogP contribution >= 0.6 is 0 Å². The predicted molar refractivity (Wildman–Crippen MR) is 98.7 cm³/mol. The third kappa shape index (κ3) is 6.46. The molecule has 0 aromatic carbocycles. The summed E-state index contributed by atoms with van der Waals surface area (Å²) in [6.45, 7) is 4.59. The van der Waals surface area contributed by atoms with E-state index in [0.29, 0.717) is 32.7 Å². The van der Waals surface area contributed by atoms with Crippen molar-refractivity contribution in [1.82, 2.24) is 14.7 Å². The summed E-state index contributed by atoms with van der Waals surface area (Å²) in [5.41, 5.74) is 0. The van der Waals surface area contributed by atoms with Gasteiger partial charge in [-0.2, -0.15) is 0 Å². The maximum atomic E-state index is 12.3. The largest absolute Gasteiger partial charge is 0.378 e. The molecule has 2 aliphatic heterocycles. The summed E-state index contributed by atoms with van der Waals surface area (Å²) in [5.74, 6) is -2.01. The van der Waals surface area contributed by atoms with Crippen LogP contribution in [0.2, 0.25) is 0 Å². The number of carbonyl (C=O) groups is 3. The molecule has 2 heterocycles. The standard InChI is InChI=1S/C17H29N3O6S/c1-2-3-4-13-27(24,25)14-15(21)18-5-7-19(8-6-18)16(22)17(23)20-9-11-26-12-10-20/h2-14H2,1H3. The highest BCUT2D eigenvalue weighted by atomic mass is 32.2. The van der Waals surface area contributed by atoms with Gasteiger partial charge in [0.1, 0.15) is 5.75 Å². The third-order valence-electron chi connectivity index (χ3n) is 4.80. The average molecular weight is 404 g/mol. The topological polar surface area (TPSA) is 104 Å². The van der Waals surface area contributed by atoms with Gasteiger partial charge in [0.2, 0.25) is 5.91 Å². The van der Waals surface area contributed by atoms with Gasteiger partial charge in [-0.25, -0.2) is 8.42 Å². The second-order valence-electron chi connectivity index (χ2n) is 6.88. The fraction of sp³-hybridized carbons (Fsp3) is 0.824. The highest BCUT2D eigenvalue weighted by Crippen LogP contribution is 2.08. The van der Waals surface area contributed by atoms with E-state index in [0.717, 1.165) is 12.8 Å². The van der Waals surface area contributed by atoms with Crippen molar-refractivity contribution in [1.29, 1.82) is 0 Å². The lowest BCUT2D eigenvalue weighted by molar-refractivity contribution is -0.155. The molecule has 0 N–H and O–H groups in total. The van der Waals surface area contributed by atoms with Crippen LogP contribution in [0.3, 0.4) is 0 Å². The summed E-state index contributed by atoms with van der Waals surface area (Å²) >= 11 is 0. The van der Waals surface area contributed by atoms with Crippen LogP contribution in [0.1, 0.15) is 26.2 Å². The number of unbranched alkanes of at least 4 members (excludes halogenated alkanes) is 2. The molecular formula is C17H29N3O6S. The van der Waals surface area contributed by atoms with Gasteiger partial charge in [0, 0.05) is 39.3 Å². The lowest BCUT2D eigenvalue weighted by Crippen LogP contribution is -2.56. The molecule has 2 saturated heterocycles. The van der Waals surface area contributed by atoms with Crippen LogP contribution in [0.15, 0.2) is 0 Å². The molecule has 0 aliphatic carbocycles. The minimum absolute atomic E-state index is 0.0269. The smallest absolute Gasteiger partial charge is 0.312 e. The molecule has 0 radical (unpaired) electrons. The van der Waals surface area contributed by atoms with Crippen molar-refractivity contribution in [3.8, 4) is 0 Å². The van der Waals surface area contributed by atoms with E-state index >= 15 is 0 Å². The Hall–Kier alpha value is -1.68. The van der Waals surface area contributed by atoms with Crippen molar-refractivity contribution >= 4 is 27.6 Å². The van der Waals surface area contributed by atoms with E-state index in [4.69, 9.17) is 4.74 Å². The number of sulfone groups is 1. The Morgan fingerprint density at radius 2 is 1.33 bits per heavy atom. The van der Waals surface area contributed by atoms with E-state index in [1.807, 2.05) is 6.92 Å². The first-order valence-corrected chi connectivity index (χ1v) is 11.3. The highest BCUT2D eigenvalue weighted by molar-refractivity contribution is 7.92. The van der Waals surface area contributed by atoms with Crippen molar-refractivity contribution in [2.24, 2.45) is 0 Å². The maximum absolute atomic E-state index is 12.3. The Morgan fingerprint density at radius 1 is 0.815 bits per heavy atom. The molecule has 0 saturated carbocycles. The first-order chi connectivity index (χ1) is 12.8. The van der Waals surface area contributed by atoms with Crippen LogP contribution in [0.5, 0.6) is 0 Å². The van der Waals surface area contributed by atoms with E-state index < -0.39 is 33.3 Å². The fourth-order valence-electron chi connectivity index (χ4n) is 3.12. The molecular weight excluding hydrogens is 374 g/mol. The zero-order valence-corrected chi connectivity index (χ0v) is 16.7. The van der Waals surface area contributed by atoms with Gasteiger partial charge >= 0.3 is 11.8 Å². The fourth-order valence-corrected chi connectivity index (χ4v) is 4.47. The van der Waals surface area contributed by atoms with Crippen LogP contribution in [-0.4, -0.2) is 105 Å². The number of amides is 3. The van der Waals surface area contributed by atoms with E-state index in [2.05, 4.69) is 0 Å². The van der Waals surface area contributed by atoms with Gasteiger partial charge in [0.05, 0.1) is 19.0 Å². The third-order valence-corrected chi connectivity index (χ3v) is 6.40. The van der Waals surface area contributed by atoms with E-state index in [1.165, 1.54) is 14.7 Å². The molecule has 27 heavy (non-hydrogen) atoms. The van der Waals surface area contributed by atoms with Crippen molar-refractivity contribution in [3.63, 3.8) is 0 Å². The number of hydrogen-bond acceptors (Lipinski definition) is 6. The first kappa shape index (κ1) is 21.6. The van der Waals surface area contributed by atoms with E-state index in [9.17, 15) is 22.8 Å². The van der Waals surface area contributed by atoms with Crippen LogP contribution in [0.25, 0.3) is 0 Å².